The second kappa shape index (κ2) is 11.1. The molecule has 168 valence electrons. The third-order valence-corrected chi connectivity index (χ3v) is 5.16. The van der Waals surface area contributed by atoms with E-state index in [1.165, 1.54) is 5.56 Å². The van der Waals surface area contributed by atoms with Gasteiger partial charge in [0.15, 0.2) is 0 Å². The Kier molecular flexibility index (Phi) is 8.02. The van der Waals surface area contributed by atoms with Gasteiger partial charge in [-0.15, -0.1) is 0 Å². The van der Waals surface area contributed by atoms with Gasteiger partial charge in [0.1, 0.15) is 5.75 Å². The molecular formula is C25H28N2O5. The molecule has 0 saturated carbocycles. The van der Waals surface area contributed by atoms with Gasteiger partial charge in [0.2, 0.25) is 5.91 Å². The van der Waals surface area contributed by atoms with E-state index < -0.39 is 6.16 Å². The SMILES string of the molecule is CCOC(=O)Oc1ccc(C(=O)N2CCCN(C(=O)/C=C/c3ccc(C)cc3)CC2)cc1. The quantitative estimate of drug-likeness (QED) is 0.403. The van der Waals surface area contributed by atoms with Crippen molar-refractivity contribution in [3.05, 3.63) is 71.3 Å². The van der Waals surface area contributed by atoms with Crippen molar-refractivity contribution in [2.75, 3.05) is 32.8 Å². The van der Waals surface area contributed by atoms with Crippen LogP contribution in [0.2, 0.25) is 0 Å². The molecule has 32 heavy (non-hydrogen) atoms. The highest BCUT2D eigenvalue weighted by atomic mass is 16.7. The molecule has 1 heterocycles. The molecule has 7 nitrogen and oxygen atoms in total. The van der Waals surface area contributed by atoms with Gasteiger partial charge in [0.05, 0.1) is 6.61 Å². The molecule has 0 radical (unpaired) electrons. The predicted molar refractivity (Wildman–Crippen MR) is 121 cm³/mol. The van der Waals surface area contributed by atoms with E-state index in [2.05, 4.69) is 0 Å². The Bertz CT molecular complexity index is 967. The second-order valence-electron chi connectivity index (χ2n) is 7.52. The van der Waals surface area contributed by atoms with Crippen molar-refractivity contribution in [3.8, 4) is 5.75 Å². The number of nitrogens with zero attached hydrogens (tertiary/aromatic N) is 2. The smallest absolute Gasteiger partial charge is 0.434 e. The van der Waals surface area contributed by atoms with E-state index in [-0.39, 0.29) is 18.4 Å². The summed E-state index contributed by atoms with van der Waals surface area (Å²) in [7, 11) is 0. The van der Waals surface area contributed by atoms with Crippen LogP contribution in [0.25, 0.3) is 6.08 Å². The third-order valence-electron chi connectivity index (χ3n) is 5.16. The lowest BCUT2D eigenvalue weighted by molar-refractivity contribution is -0.125. The molecule has 1 aliphatic rings. The Labute approximate surface area is 188 Å². The van der Waals surface area contributed by atoms with E-state index in [1.807, 2.05) is 37.3 Å². The Hall–Kier alpha value is -3.61. The number of aryl methyl sites for hydroxylation is 1. The van der Waals surface area contributed by atoms with E-state index >= 15 is 0 Å². The molecule has 7 heteroatoms. The molecule has 3 rings (SSSR count). The Morgan fingerprint density at radius 1 is 0.906 bits per heavy atom. The number of rotatable bonds is 5. The van der Waals surface area contributed by atoms with Gasteiger partial charge in [-0.05, 0) is 56.2 Å². The first-order valence-electron chi connectivity index (χ1n) is 10.7. The topological polar surface area (TPSA) is 76.2 Å². The minimum Gasteiger partial charge on any atom is -0.434 e. The molecule has 0 unspecified atom stereocenters. The molecule has 1 aliphatic heterocycles. The lowest BCUT2D eigenvalue weighted by Gasteiger charge is -2.21. The monoisotopic (exact) mass is 436 g/mol. The normalized spacial score (nSPS) is 14.2. The highest BCUT2D eigenvalue weighted by Gasteiger charge is 2.22. The van der Waals surface area contributed by atoms with Gasteiger partial charge in [-0.25, -0.2) is 4.79 Å². The maximum atomic E-state index is 12.9. The molecule has 2 aromatic rings. The Balaban J connectivity index is 1.54. The summed E-state index contributed by atoms with van der Waals surface area (Å²) in [6.45, 7) is 6.06. The summed E-state index contributed by atoms with van der Waals surface area (Å²) in [5.74, 6) is 0.144. The first-order valence-corrected chi connectivity index (χ1v) is 10.7. The lowest BCUT2D eigenvalue weighted by Crippen LogP contribution is -2.36. The number of benzene rings is 2. The van der Waals surface area contributed by atoms with Gasteiger partial charge in [-0.3, -0.25) is 9.59 Å². The van der Waals surface area contributed by atoms with E-state index in [4.69, 9.17) is 9.47 Å². The summed E-state index contributed by atoms with van der Waals surface area (Å²) in [6.07, 6.45) is 3.33. The minimum absolute atomic E-state index is 0.0552. The second-order valence-corrected chi connectivity index (χ2v) is 7.52. The van der Waals surface area contributed by atoms with E-state index in [9.17, 15) is 14.4 Å². The van der Waals surface area contributed by atoms with Crippen molar-refractivity contribution in [2.24, 2.45) is 0 Å². The van der Waals surface area contributed by atoms with Gasteiger partial charge in [0, 0.05) is 37.8 Å². The fraction of sp³-hybridized carbons (Fsp3) is 0.320. The van der Waals surface area contributed by atoms with E-state index in [1.54, 1.807) is 47.1 Å². The highest BCUT2D eigenvalue weighted by Crippen LogP contribution is 2.16. The number of hydrogen-bond acceptors (Lipinski definition) is 5. The van der Waals surface area contributed by atoms with Crippen molar-refractivity contribution in [2.45, 2.75) is 20.3 Å². The highest BCUT2D eigenvalue weighted by molar-refractivity contribution is 5.95. The summed E-state index contributed by atoms with van der Waals surface area (Å²) in [5, 5.41) is 0. The van der Waals surface area contributed by atoms with Crippen LogP contribution in [0.5, 0.6) is 5.75 Å². The number of amides is 2. The van der Waals surface area contributed by atoms with Crippen molar-refractivity contribution in [3.63, 3.8) is 0 Å². The molecule has 2 aromatic carbocycles. The first kappa shape index (κ1) is 23.1. The maximum absolute atomic E-state index is 12.9. The van der Waals surface area contributed by atoms with Crippen LogP contribution in [0.1, 0.15) is 34.8 Å². The number of hydrogen-bond donors (Lipinski definition) is 0. The molecule has 0 atom stereocenters. The van der Waals surface area contributed by atoms with Crippen molar-refractivity contribution in [1.29, 1.82) is 0 Å². The van der Waals surface area contributed by atoms with Crippen LogP contribution >= 0.6 is 0 Å². The fourth-order valence-corrected chi connectivity index (χ4v) is 3.38. The number of carbonyl (C=O) groups excluding carboxylic acids is 3. The standard InChI is InChI=1S/C25H28N2O5/c1-3-31-25(30)32-22-12-10-21(11-13-22)24(29)27-16-4-15-26(17-18-27)23(28)14-9-20-7-5-19(2)6-8-20/h5-14H,3-4,15-18H2,1-2H3/b14-9+. The van der Waals surface area contributed by atoms with Crippen LogP contribution in [-0.4, -0.2) is 60.6 Å². The summed E-state index contributed by atoms with van der Waals surface area (Å²) >= 11 is 0. The van der Waals surface area contributed by atoms with Crippen molar-refractivity contribution in [1.82, 2.24) is 9.80 Å². The number of carbonyl (C=O) groups is 3. The zero-order valence-electron chi connectivity index (χ0n) is 18.5. The maximum Gasteiger partial charge on any atom is 0.513 e. The fourth-order valence-electron chi connectivity index (χ4n) is 3.38. The third kappa shape index (κ3) is 6.44. The van der Waals surface area contributed by atoms with E-state index in [0.29, 0.717) is 43.9 Å². The molecule has 1 saturated heterocycles. The average Bonchev–Trinajstić information content (AvgIpc) is 3.05. The Morgan fingerprint density at radius 2 is 1.56 bits per heavy atom. The molecule has 2 amide bonds. The van der Waals surface area contributed by atoms with Crippen LogP contribution in [0, 0.1) is 6.92 Å². The van der Waals surface area contributed by atoms with E-state index in [0.717, 1.165) is 5.56 Å². The van der Waals surface area contributed by atoms with Crippen molar-refractivity contribution < 1.29 is 23.9 Å². The van der Waals surface area contributed by atoms with Gasteiger partial charge in [-0.1, -0.05) is 29.8 Å². The van der Waals surface area contributed by atoms with Crippen LogP contribution in [0.15, 0.2) is 54.6 Å². The first-order chi connectivity index (χ1) is 15.5. The van der Waals surface area contributed by atoms with Crippen LogP contribution in [0.3, 0.4) is 0 Å². The zero-order valence-corrected chi connectivity index (χ0v) is 18.5. The van der Waals surface area contributed by atoms with Crippen LogP contribution < -0.4 is 4.74 Å². The number of ether oxygens (including phenoxy) is 2. The minimum atomic E-state index is -0.778. The van der Waals surface area contributed by atoms with Gasteiger partial charge in [0.25, 0.3) is 5.91 Å². The molecule has 0 aliphatic carbocycles. The molecule has 0 aromatic heterocycles. The molecule has 0 N–H and O–H groups in total. The molecule has 1 fully saturated rings. The largest absolute Gasteiger partial charge is 0.513 e. The van der Waals surface area contributed by atoms with Crippen molar-refractivity contribution >= 4 is 24.0 Å². The average molecular weight is 437 g/mol. The van der Waals surface area contributed by atoms with Crippen LogP contribution in [-0.2, 0) is 9.53 Å². The summed E-state index contributed by atoms with van der Waals surface area (Å²) in [6, 6.07) is 14.3. The molecule has 0 spiro atoms. The summed E-state index contributed by atoms with van der Waals surface area (Å²) < 4.78 is 9.76. The van der Waals surface area contributed by atoms with Gasteiger partial charge < -0.3 is 19.3 Å². The summed E-state index contributed by atoms with van der Waals surface area (Å²) in [5.41, 5.74) is 2.65. The predicted octanol–water partition coefficient (Wildman–Crippen LogP) is 3.92. The Morgan fingerprint density at radius 3 is 2.25 bits per heavy atom. The lowest BCUT2D eigenvalue weighted by atomic mass is 10.1. The zero-order chi connectivity index (χ0) is 22.9. The summed E-state index contributed by atoms with van der Waals surface area (Å²) in [4.78, 5) is 40.4. The van der Waals surface area contributed by atoms with Gasteiger partial charge in [-0.2, -0.15) is 0 Å². The van der Waals surface area contributed by atoms with Crippen LogP contribution in [0.4, 0.5) is 4.79 Å². The molecular weight excluding hydrogens is 408 g/mol. The molecule has 0 bridgehead atoms. The van der Waals surface area contributed by atoms with Gasteiger partial charge >= 0.3 is 6.16 Å².